The van der Waals surface area contributed by atoms with Crippen molar-refractivity contribution in [2.24, 2.45) is 5.92 Å². The van der Waals surface area contributed by atoms with E-state index in [1.54, 1.807) is 45.0 Å². The van der Waals surface area contributed by atoms with E-state index in [1.807, 2.05) is 47.6 Å². The molecular weight excluding hydrogens is 530 g/mol. The van der Waals surface area contributed by atoms with Crippen LogP contribution in [0.2, 0.25) is 5.02 Å². The number of hydrogen-bond donors (Lipinski definition) is 3. The molecule has 3 amide bonds. The second-order valence-electron chi connectivity index (χ2n) is 11.8. The van der Waals surface area contributed by atoms with Gasteiger partial charge in [0.2, 0.25) is 5.91 Å². The zero-order chi connectivity index (χ0) is 30.4. The topological polar surface area (TPSA) is 108 Å². The second kappa shape index (κ2) is 13.4. The predicted molar refractivity (Wildman–Crippen MR) is 159 cm³/mol. The normalized spacial score (nSPS) is 14.1. The molecule has 0 aliphatic rings. The van der Waals surface area contributed by atoms with Crippen LogP contribution in [-0.4, -0.2) is 45.1 Å². The van der Waals surface area contributed by atoms with Crippen LogP contribution in [0.5, 0.6) is 5.75 Å². The van der Waals surface area contributed by atoms with Crippen molar-refractivity contribution in [3.8, 4) is 5.75 Å². The maximum absolute atomic E-state index is 14.5. The number of hydrogen-bond acceptors (Lipinski definition) is 5. The lowest BCUT2D eigenvalue weighted by atomic mass is 9.89. The fourth-order valence-electron chi connectivity index (χ4n) is 4.27. The Morgan fingerprint density at radius 1 is 1.02 bits per heavy atom. The van der Waals surface area contributed by atoms with Gasteiger partial charge in [0.05, 0.1) is 10.7 Å². The van der Waals surface area contributed by atoms with Crippen molar-refractivity contribution < 1.29 is 24.2 Å². The Hall–Kier alpha value is -3.26. The number of ether oxygens (including phenoxy) is 1. The van der Waals surface area contributed by atoms with Crippen LogP contribution in [0, 0.1) is 12.8 Å². The standard InChI is InChI=1S/C31H44ClN3O5/c1-10-19(3)25(34-29(39)40-30(5,6)7)28(38)35(31(8,9)11-2)26(21-15-17-22(36)18-16-21)27(37)33-24-20(4)13-12-14-23(24)32/h12-19,25-26,36H,10-11H2,1-9H3,(H,33,37)(H,34,39). The number of aryl methyl sites for hydroxylation is 1. The highest BCUT2D eigenvalue weighted by atomic mass is 35.5. The summed E-state index contributed by atoms with van der Waals surface area (Å²) in [6, 6.07) is 9.43. The first kappa shape index (κ1) is 32.9. The SMILES string of the molecule is CCC(C)C(NC(=O)OC(C)(C)C)C(=O)N(C(C(=O)Nc1c(C)cccc1Cl)c1ccc(O)cc1)C(C)(C)CC. The highest BCUT2D eigenvalue weighted by molar-refractivity contribution is 6.34. The van der Waals surface area contributed by atoms with Crippen molar-refractivity contribution in [3.63, 3.8) is 0 Å². The van der Waals surface area contributed by atoms with Crippen LogP contribution in [-0.2, 0) is 14.3 Å². The van der Waals surface area contributed by atoms with Gasteiger partial charge >= 0.3 is 6.09 Å². The smallest absolute Gasteiger partial charge is 0.408 e. The molecule has 3 unspecified atom stereocenters. The third-order valence-electron chi connectivity index (χ3n) is 7.09. The maximum Gasteiger partial charge on any atom is 0.408 e. The van der Waals surface area contributed by atoms with E-state index >= 15 is 0 Å². The van der Waals surface area contributed by atoms with Gasteiger partial charge < -0.3 is 25.4 Å². The Kier molecular flexibility index (Phi) is 11.0. The number of anilines is 1. The molecule has 0 aliphatic carbocycles. The molecule has 220 valence electrons. The number of benzene rings is 2. The van der Waals surface area contributed by atoms with E-state index < -0.39 is 41.1 Å². The van der Waals surface area contributed by atoms with E-state index in [0.29, 0.717) is 29.1 Å². The van der Waals surface area contributed by atoms with Gasteiger partial charge in [-0.3, -0.25) is 9.59 Å². The number of phenols is 1. The van der Waals surface area contributed by atoms with Crippen LogP contribution < -0.4 is 10.6 Å². The van der Waals surface area contributed by atoms with Gasteiger partial charge in [0, 0.05) is 5.54 Å². The molecule has 8 nitrogen and oxygen atoms in total. The summed E-state index contributed by atoms with van der Waals surface area (Å²) in [5, 5.41) is 16.0. The summed E-state index contributed by atoms with van der Waals surface area (Å²) >= 11 is 6.44. The van der Waals surface area contributed by atoms with Crippen molar-refractivity contribution in [1.29, 1.82) is 0 Å². The first-order valence-corrected chi connectivity index (χ1v) is 14.1. The van der Waals surface area contributed by atoms with Gasteiger partial charge in [-0.05, 0) is 83.2 Å². The Bertz CT molecular complexity index is 1170. The molecule has 3 atom stereocenters. The molecule has 0 fully saturated rings. The van der Waals surface area contributed by atoms with E-state index in [4.69, 9.17) is 16.3 Å². The van der Waals surface area contributed by atoms with E-state index in [2.05, 4.69) is 10.6 Å². The van der Waals surface area contributed by atoms with Gasteiger partial charge in [0.1, 0.15) is 23.4 Å². The predicted octanol–water partition coefficient (Wildman–Crippen LogP) is 6.99. The van der Waals surface area contributed by atoms with E-state index in [-0.39, 0.29) is 11.7 Å². The lowest BCUT2D eigenvalue weighted by Crippen LogP contribution is -2.60. The molecule has 0 saturated heterocycles. The van der Waals surface area contributed by atoms with Crippen LogP contribution in [0.15, 0.2) is 42.5 Å². The molecule has 0 aliphatic heterocycles. The minimum Gasteiger partial charge on any atom is -0.508 e. The number of nitrogens with zero attached hydrogens (tertiary/aromatic N) is 1. The molecule has 9 heteroatoms. The Labute approximate surface area is 243 Å². The van der Waals surface area contributed by atoms with Gasteiger partial charge in [-0.25, -0.2) is 4.79 Å². The highest BCUT2D eigenvalue weighted by Crippen LogP contribution is 2.35. The molecule has 2 rings (SSSR count). The van der Waals surface area contributed by atoms with Gasteiger partial charge in [-0.15, -0.1) is 0 Å². The molecule has 0 bridgehead atoms. The van der Waals surface area contributed by atoms with Gasteiger partial charge in [-0.2, -0.15) is 0 Å². The number of alkyl carbamates (subject to hydrolysis) is 1. The Balaban J connectivity index is 2.69. The third kappa shape index (κ3) is 8.37. The van der Waals surface area contributed by atoms with Crippen LogP contribution in [0.25, 0.3) is 0 Å². The minimum atomic E-state index is -1.11. The van der Waals surface area contributed by atoms with E-state index in [0.717, 1.165) is 5.56 Å². The van der Waals surface area contributed by atoms with Crippen LogP contribution in [0.4, 0.5) is 10.5 Å². The molecule has 0 aromatic heterocycles. The number of carbonyl (C=O) groups excluding carboxylic acids is 3. The second-order valence-corrected chi connectivity index (χ2v) is 12.2. The average molecular weight is 574 g/mol. The monoisotopic (exact) mass is 573 g/mol. The van der Waals surface area contributed by atoms with Crippen LogP contribution in [0.1, 0.15) is 85.4 Å². The fourth-order valence-corrected chi connectivity index (χ4v) is 4.54. The van der Waals surface area contributed by atoms with Crippen molar-refractivity contribution in [2.45, 2.75) is 98.4 Å². The quantitative estimate of drug-likeness (QED) is 0.284. The Morgan fingerprint density at radius 3 is 2.12 bits per heavy atom. The fraction of sp³-hybridized carbons (Fsp3) is 0.516. The number of para-hydroxylation sites is 1. The summed E-state index contributed by atoms with van der Waals surface area (Å²) < 4.78 is 5.47. The third-order valence-corrected chi connectivity index (χ3v) is 7.41. The number of nitrogens with one attached hydrogen (secondary N) is 2. The number of carbonyl (C=O) groups is 3. The number of halogens is 1. The molecular formula is C31H44ClN3O5. The zero-order valence-corrected chi connectivity index (χ0v) is 25.8. The van der Waals surface area contributed by atoms with Crippen molar-refractivity contribution >= 4 is 35.2 Å². The molecule has 2 aromatic carbocycles. The van der Waals surface area contributed by atoms with Crippen LogP contribution in [0.3, 0.4) is 0 Å². The number of phenolic OH excluding ortho intramolecular Hbond substituents is 1. The zero-order valence-electron chi connectivity index (χ0n) is 25.1. The summed E-state index contributed by atoms with van der Waals surface area (Å²) in [4.78, 5) is 43.0. The largest absolute Gasteiger partial charge is 0.508 e. The van der Waals surface area contributed by atoms with Crippen molar-refractivity contribution in [2.75, 3.05) is 5.32 Å². The summed E-state index contributed by atoms with van der Waals surface area (Å²) in [5.41, 5.74) is 0.145. The lowest BCUT2D eigenvalue weighted by molar-refractivity contribution is -0.148. The molecule has 0 spiro atoms. The summed E-state index contributed by atoms with van der Waals surface area (Å²) in [6.45, 7) is 16.6. The molecule has 3 N–H and O–H groups in total. The summed E-state index contributed by atoms with van der Waals surface area (Å²) in [5.74, 6) is -1.13. The van der Waals surface area contributed by atoms with E-state index in [9.17, 15) is 19.5 Å². The Morgan fingerprint density at radius 2 is 1.62 bits per heavy atom. The molecule has 0 radical (unpaired) electrons. The number of amides is 3. The van der Waals surface area contributed by atoms with Gasteiger partial charge in [0.25, 0.3) is 5.91 Å². The highest BCUT2D eigenvalue weighted by Gasteiger charge is 2.44. The lowest BCUT2D eigenvalue weighted by Gasteiger charge is -2.45. The molecule has 0 saturated carbocycles. The number of rotatable bonds is 10. The maximum atomic E-state index is 14.5. The van der Waals surface area contributed by atoms with E-state index in [1.165, 1.54) is 17.0 Å². The molecule has 0 heterocycles. The molecule has 2 aromatic rings. The van der Waals surface area contributed by atoms with Crippen LogP contribution >= 0.6 is 11.6 Å². The molecule has 40 heavy (non-hydrogen) atoms. The average Bonchev–Trinajstić information content (AvgIpc) is 2.86. The minimum absolute atomic E-state index is 0.0292. The van der Waals surface area contributed by atoms with Gasteiger partial charge in [0.15, 0.2) is 0 Å². The number of aromatic hydroxyl groups is 1. The first-order valence-electron chi connectivity index (χ1n) is 13.7. The van der Waals surface area contributed by atoms with Gasteiger partial charge in [-0.1, -0.05) is 63.1 Å². The van der Waals surface area contributed by atoms with Crippen molar-refractivity contribution in [1.82, 2.24) is 10.2 Å². The first-order chi connectivity index (χ1) is 18.5. The van der Waals surface area contributed by atoms with Crippen molar-refractivity contribution in [3.05, 3.63) is 58.6 Å². The summed E-state index contributed by atoms with van der Waals surface area (Å²) in [6.07, 6.45) is 0.407. The summed E-state index contributed by atoms with van der Waals surface area (Å²) in [7, 11) is 0.